The Morgan fingerprint density at radius 2 is 2.04 bits per heavy atom. The van der Waals surface area contributed by atoms with E-state index < -0.39 is 0 Å². The standard InChI is InChI=1S/C18H31FN4O.HI/c1-5-16(24-17-10-7-9-15(19)13-17)14-22-18(20-6-2)21-11-8-12-23(3)4;/h7,9-10,13,16H,5-6,8,11-12,14H2,1-4H3,(H2,20,21,22);1H. The Balaban J connectivity index is 0.00000576. The van der Waals surface area contributed by atoms with E-state index in [4.69, 9.17) is 4.74 Å². The van der Waals surface area contributed by atoms with Gasteiger partial charge in [0, 0.05) is 19.2 Å². The second-order valence-corrected chi connectivity index (χ2v) is 5.91. The average molecular weight is 466 g/mol. The van der Waals surface area contributed by atoms with E-state index in [1.807, 2.05) is 13.8 Å². The van der Waals surface area contributed by atoms with Gasteiger partial charge in [-0.3, -0.25) is 0 Å². The second kappa shape index (κ2) is 14.1. The van der Waals surface area contributed by atoms with Crippen molar-refractivity contribution in [3.63, 3.8) is 0 Å². The highest BCUT2D eigenvalue weighted by Gasteiger charge is 2.09. The zero-order chi connectivity index (χ0) is 17.8. The third-order valence-electron chi connectivity index (χ3n) is 3.43. The van der Waals surface area contributed by atoms with E-state index in [1.54, 1.807) is 12.1 Å². The molecule has 2 N–H and O–H groups in total. The Kier molecular flexibility index (Phi) is 13.5. The number of guanidine groups is 1. The molecule has 0 bridgehead atoms. The Hall–Kier alpha value is -1.09. The van der Waals surface area contributed by atoms with Crippen LogP contribution in [0.4, 0.5) is 4.39 Å². The minimum absolute atomic E-state index is 0. The number of halogens is 2. The van der Waals surface area contributed by atoms with Crippen molar-refractivity contribution in [2.24, 2.45) is 4.99 Å². The lowest BCUT2D eigenvalue weighted by atomic mass is 10.2. The maximum atomic E-state index is 13.2. The molecule has 0 heterocycles. The van der Waals surface area contributed by atoms with Crippen molar-refractivity contribution >= 4 is 29.9 Å². The van der Waals surface area contributed by atoms with Crippen LogP contribution in [0.2, 0.25) is 0 Å². The quantitative estimate of drug-likeness (QED) is 0.241. The number of benzene rings is 1. The van der Waals surface area contributed by atoms with E-state index in [-0.39, 0.29) is 35.9 Å². The zero-order valence-electron chi connectivity index (χ0n) is 15.7. The van der Waals surface area contributed by atoms with Gasteiger partial charge in [-0.15, -0.1) is 24.0 Å². The van der Waals surface area contributed by atoms with Crippen LogP contribution in [0.25, 0.3) is 0 Å². The van der Waals surface area contributed by atoms with Gasteiger partial charge >= 0.3 is 0 Å². The molecule has 25 heavy (non-hydrogen) atoms. The number of ether oxygens (including phenoxy) is 1. The van der Waals surface area contributed by atoms with Crippen LogP contribution in [0, 0.1) is 5.82 Å². The monoisotopic (exact) mass is 466 g/mol. The summed E-state index contributed by atoms with van der Waals surface area (Å²) in [6.07, 6.45) is 1.78. The molecular weight excluding hydrogens is 434 g/mol. The van der Waals surface area contributed by atoms with E-state index in [2.05, 4.69) is 34.6 Å². The summed E-state index contributed by atoms with van der Waals surface area (Å²) < 4.78 is 19.1. The molecular formula is C18H32FIN4O. The number of hydrogen-bond donors (Lipinski definition) is 2. The van der Waals surface area contributed by atoms with Crippen molar-refractivity contribution in [2.75, 3.05) is 40.3 Å². The molecule has 0 fully saturated rings. The van der Waals surface area contributed by atoms with E-state index in [0.717, 1.165) is 38.4 Å². The van der Waals surface area contributed by atoms with Crippen LogP contribution in [0.1, 0.15) is 26.7 Å². The maximum absolute atomic E-state index is 13.2. The molecule has 0 aliphatic rings. The summed E-state index contributed by atoms with van der Waals surface area (Å²) in [4.78, 5) is 6.74. The number of hydrogen-bond acceptors (Lipinski definition) is 3. The molecule has 0 saturated carbocycles. The largest absolute Gasteiger partial charge is 0.488 e. The zero-order valence-corrected chi connectivity index (χ0v) is 18.0. The molecule has 1 atom stereocenters. The summed E-state index contributed by atoms with van der Waals surface area (Å²) in [5.74, 6) is 1.04. The van der Waals surface area contributed by atoms with Gasteiger partial charge in [0.25, 0.3) is 0 Å². The third kappa shape index (κ3) is 11.2. The lowest BCUT2D eigenvalue weighted by Crippen LogP contribution is -2.39. The van der Waals surface area contributed by atoms with Gasteiger partial charge < -0.3 is 20.3 Å². The van der Waals surface area contributed by atoms with Gasteiger partial charge in [-0.2, -0.15) is 0 Å². The third-order valence-corrected chi connectivity index (χ3v) is 3.43. The first kappa shape index (κ1) is 23.9. The molecule has 0 aliphatic carbocycles. The molecule has 1 rings (SSSR count). The Bertz CT molecular complexity index is 500. The minimum Gasteiger partial charge on any atom is -0.488 e. The van der Waals surface area contributed by atoms with E-state index in [0.29, 0.717) is 12.3 Å². The summed E-state index contributed by atoms with van der Waals surface area (Å²) in [5.41, 5.74) is 0. The first-order chi connectivity index (χ1) is 11.5. The molecule has 0 aromatic heterocycles. The van der Waals surface area contributed by atoms with Gasteiger partial charge in [0.15, 0.2) is 5.96 Å². The van der Waals surface area contributed by atoms with Crippen molar-refractivity contribution in [3.05, 3.63) is 30.1 Å². The molecule has 0 saturated heterocycles. The van der Waals surface area contributed by atoms with Crippen LogP contribution in [-0.2, 0) is 0 Å². The molecule has 7 heteroatoms. The number of rotatable bonds is 10. The van der Waals surface area contributed by atoms with Crippen LogP contribution in [0.5, 0.6) is 5.75 Å². The molecule has 0 radical (unpaired) electrons. The van der Waals surface area contributed by atoms with Crippen molar-refractivity contribution < 1.29 is 9.13 Å². The highest BCUT2D eigenvalue weighted by molar-refractivity contribution is 14.0. The predicted octanol–water partition coefficient (Wildman–Crippen LogP) is 3.11. The Morgan fingerprint density at radius 1 is 1.28 bits per heavy atom. The molecule has 5 nitrogen and oxygen atoms in total. The van der Waals surface area contributed by atoms with E-state index >= 15 is 0 Å². The average Bonchev–Trinajstić information content (AvgIpc) is 2.54. The summed E-state index contributed by atoms with van der Waals surface area (Å²) in [6.45, 7) is 7.31. The molecule has 144 valence electrons. The van der Waals surface area contributed by atoms with Crippen LogP contribution in [0.3, 0.4) is 0 Å². The van der Waals surface area contributed by atoms with Crippen molar-refractivity contribution in [1.29, 1.82) is 0 Å². The van der Waals surface area contributed by atoms with Gasteiger partial charge in [-0.25, -0.2) is 9.38 Å². The highest BCUT2D eigenvalue weighted by atomic mass is 127. The summed E-state index contributed by atoms with van der Waals surface area (Å²) >= 11 is 0. The van der Waals surface area contributed by atoms with Gasteiger partial charge in [0.05, 0.1) is 6.54 Å². The lowest BCUT2D eigenvalue weighted by molar-refractivity contribution is 0.205. The maximum Gasteiger partial charge on any atom is 0.191 e. The SMILES string of the molecule is CCNC(=NCC(CC)Oc1cccc(F)c1)NCCCN(C)C.I. The number of nitrogens with zero attached hydrogens (tertiary/aromatic N) is 2. The number of aliphatic imine (C=N–C) groups is 1. The normalized spacial score (nSPS) is 12.5. The molecule has 0 aliphatic heterocycles. The fraction of sp³-hybridized carbons (Fsp3) is 0.611. The lowest BCUT2D eigenvalue weighted by Gasteiger charge is -2.17. The van der Waals surface area contributed by atoms with Gasteiger partial charge in [-0.05, 0) is 52.5 Å². The van der Waals surface area contributed by atoms with Gasteiger partial charge in [0.2, 0.25) is 0 Å². The summed E-state index contributed by atoms with van der Waals surface area (Å²) in [6, 6.07) is 6.22. The van der Waals surface area contributed by atoms with E-state index in [9.17, 15) is 4.39 Å². The first-order valence-electron chi connectivity index (χ1n) is 8.64. The second-order valence-electron chi connectivity index (χ2n) is 5.91. The molecule has 0 amide bonds. The minimum atomic E-state index is -0.290. The van der Waals surface area contributed by atoms with Gasteiger partial charge in [0.1, 0.15) is 17.7 Å². The molecule has 1 aromatic rings. The molecule has 0 spiro atoms. The van der Waals surface area contributed by atoms with Crippen LogP contribution in [0.15, 0.2) is 29.3 Å². The fourth-order valence-electron chi connectivity index (χ4n) is 2.12. The van der Waals surface area contributed by atoms with Crippen molar-refractivity contribution in [2.45, 2.75) is 32.8 Å². The topological polar surface area (TPSA) is 48.9 Å². The smallest absolute Gasteiger partial charge is 0.191 e. The Labute approximate surface area is 168 Å². The fourth-order valence-corrected chi connectivity index (χ4v) is 2.12. The van der Waals surface area contributed by atoms with Gasteiger partial charge in [-0.1, -0.05) is 13.0 Å². The highest BCUT2D eigenvalue weighted by Crippen LogP contribution is 2.15. The van der Waals surface area contributed by atoms with Crippen molar-refractivity contribution in [1.82, 2.24) is 15.5 Å². The first-order valence-corrected chi connectivity index (χ1v) is 8.64. The predicted molar refractivity (Wildman–Crippen MR) is 114 cm³/mol. The van der Waals surface area contributed by atoms with Crippen LogP contribution < -0.4 is 15.4 Å². The molecule has 1 unspecified atom stereocenters. The van der Waals surface area contributed by atoms with Crippen LogP contribution in [-0.4, -0.2) is 57.2 Å². The molecule has 1 aromatic carbocycles. The number of nitrogens with one attached hydrogen (secondary N) is 2. The van der Waals surface area contributed by atoms with Crippen molar-refractivity contribution in [3.8, 4) is 5.75 Å². The van der Waals surface area contributed by atoms with Crippen LogP contribution >= 0.6 is 24.0 Å². The van der Waals surface area contributed by atoms with E-state index in [1.165, 1.54) is 12.1 Å². The Morgan fingerprint density at radius 3 is 2.64 bits per heavy atom. The summed E-state index contributed by atoms with van der Waals surface area (Å²) in [7, 11) is 4.13. The summed E-state index contributed by atoms with van der Waals surface area (Å²) in [5, 5.41) is 6.56.